The number of benzene rings is 2. The Balaban J connectivity index is 1.93. The second-order valence-corrected chi connectivity index (χ2v) is 8.99. The van der Waals surface area contributed by atoms with Crippen molar-refractivity contribution in [1.29, 1.82) is 0 Å². The molecule has 0 spiro atoms. The van der Waals surface area contributed by atoms with Crippen LogP contribution in [0.25, 0.3) is 0 Å². The van der Waals surface area contributed by atoms with Crippen LogP contribution < -0.4 is 24.8 Å². The zero-order valence-corrected chi connectivity index (χ0v) is 20.8. The molecular weight excluding hydrogens is 432 g/mol. The Kier molecular flexibility index (Phi) is 8.79. The molecule has 7 heteroatoms. The molecule has 0 heterocycles. The topological polar surface area (TPSA) is 85.9 Å². The zero-order chi connectivity index (χ0) is 24.7. The Labute approximate surface area is 202 Å². The van der Waals surface area contributed by atoms with Crippen molar-refractivity contribution in [3.63, 3.8) is 0 Å². The van der Waals surface area contributed by atoms with E-state index < -0.39 is 6.04 Å². The number of ether oxygens (including phenoxy) is 3. The molecule has 184 valence electrons. The maximum Gasteiger partial charge on any atom is 0.252 e. The van der Waals surface area contributed by atoms with Crippen LogP contribution in [0.5, 0.6) is 17.2 Å². The molecule has 2 amide bonds. The van der Waals surface area contributed by atoms with Gasteiger partial charge in [0.25, 0.3) is 5.91 Å². The first-order valence-electron chi connectivity index (χ1n) is 11.9. The fraction of sp³-hybridized carbons (Fsp3) is 0.481. The lowest BCUT2D eigenvalue weighted by Crippen LogP contribution is -2.45. The minimum absolute atomic E-state index is 0.105. The monoisotopic (exact) mass is 468 g/mol. The molecule has 0 aromatic heterocycles. The molecule has 2 aromatic carbocycles. The highest BCUT2D eigenvalue weighted by Crippen LogP contribution is 2.40. The van der Waals surface area contributed by atoms with Gasteiger partial charge in [-0.2, -0.15) is 0 Å². The summed E-state index contributed by atoms with van der Waals surface area (Å²) in [6.07, 6.45) is 5.26. The smallest absolute Gasteiger partial charge is 0.252 e. The molecule has 34 heavy (non-hydrogen) atoms. The van der Waals surface area contributed by atoms with Gasteiger partial charge < -0.3 is 24.8 Å². The molecule has 1 fully saturated rings. The highest BCUT2D eigenvalue weighted by Gasteiger charge is 2.28. The summed E-state index contributed by atoms with van der Waals surface area (Å²) in [5.74, 6) is 1.05. The SMILES string of the molecule is COc1cc(C(NC(=O)c2ccc(C(C)C)cc2)C(=O)NC2CCCCC2)cc(OC)c1OC. The molecule has 1 atom stereocenters. The lowest BCUT2D eigenvalue weighted by Gasteiger charge is -2.27. The molecule has 1 unspecified atom stereocenters. The van der Waals surface area contributed by atoms with E-state index in [0.29, 0.717) is 34.3 Å². The van der Waals surface area contributed by atoms with E-state index in [0.717, 1.165) is 31.2 Å². The van der Waals surface area contributed by atoms with Gasteiger partial charge in [0.15, 0.2) is 11.5 Å². The van der Waals surface area contributed by atoms with Crippen LogP contribution in [0.4, 0.5) is 0 Å². The van der Waals surface area contributed by atoms with Gasteiger partial charge in [-0.05, 0) is 54.2 Å². The van der Waals surface area contributed by atoms with Gasteiger partial charge in [-0.25, -0.2) is 0 Å². The van der Waals surface area contributed by atoms with Gasteiger partial charge in [0.05, 0.1) is 21.3 Å². The summed E-state index contributed by atoms with van der Waals surface area (Å²) in [5, 5.41) is 6.06. The predicted octanol–water partition coefficient (Wildman–Crippen LogP) is 4.76. The van der Waals surface area contributed by atoms with Crippen LogP contribution in [-0.2, 0) is 4.79 Å². The lowest BCUT2D eigenvalue weighted by atomic mass is 9.94. The molecule has 1 aliphatic carbocycles. The maximum atomic E-state index is 13.4. The number of amides is 2. The average molecular weight is 469 g/mol. The van der Waals surface area contributed by atoms with E-state index in [1.165, 1.54) is 27.8 Å². The number of methoxy groups -OCH3 is 3. The third kappa shape index (κ3) is 6.01. The van der Waals surface area contributed by atoms with E-state index >= 15 is 0 Å². The van der Waals surface area contributed by atoms with Crippen LogP contribution in [0, 0.1) is 0 Å². The summed E-state index contributed by atoms with van der Waals surface area (Å²) < 4.78 is 16.4. The molecule has 1 saturated carbocycles. The first kappa shape index (κ1) is 25.4. The summed E-state index contributed by atoms with van der Waals surface area (Å²) in [5.41, 5.74) is 2.19. The van der Waals surface area contributed by atoms with Crippen molar-refractivity contribution in [3.8, 4) is 17.2 Å². The molecule has 0 saturated heterocycles. The van der Waals surface area contributed by atoms with E-state index in [1.54, 1.807) is 24.3 Å². The average Bonchev–Trinajstić information content (AvgIpc) is 2.86. The minimum atomic E-state index is -0.923. The Hall–Kier alpha value is -3.22. The first-order valence-corrected chi connectivity index (χ1v) is 11.9. The summed E-state index contributed by atoms with van der Waals surface area (Å²) in [7, 11) is 4.57. The molecule has 2 aromatic rings. The normalized spacial score (nSPS) is 14.9. The fourth-order valence-corrected chi connectivity index (χ4v) is 4.33. The van der Waals surface area contributed by atoms with Crippen molar-refractivity contribution in [2.75, 3.05) is 21.3 Å². The standard InChI is InChI=1S/C27H36N2O5/c1-17(2)18-11-13-19(14-12-18)26(30)29-24(27(31)28-21-9-7-6-8-10-21)20-15-22(32-3)25(34-5)23(16-20)33-4/h11-17,21,24H,6-10H2,1-5H3,(H,28,31)(H,29,30). The van der Waals surface area contributed by atoms with Crippen molar-refractivity contribution < 1.29 is 23.8 Å². The van der Waals surface area contributed by atoms with E-state index in [1.807, 2.05) is 12.1 Å². The van der Waals surface area contributed by atoms with Gasteiger partial charge in [0, 0.05) is 11.6 Å². The summed E-state index contributed by atoms with van der Waals surface area (Å²) in [6.45, 7) is 4.20. The van der Waals surface area contributed by atoms with E-state index in [4.69, 9.17) is 14.2 Å². The third-order valence-corrected chi connectivity index (χ3v) is 6.35. The van der Waals surface area contributed by atoms with Crippen LogP contribution >= 0.6 is 0 Å². The summed E-state index contributed by atoms with van der Waals surface area (Å²) in [6, 6.07) is 10.0. The number of hydrogen-bond donors (Lipinski definition) is 2. The van der Waals surface area contributed by atoms with Gasteiger partial charge >= 0.3 is 0 Å². The fourth-order valence-electron chi connectivity index (χ4n) is 4.33. The Bertz CT molecular complexity index is 956. The number of carbonyl (C=O) groups is 2. The van der Waals surface area contributed by atoms with Gasteiger partial charge in [0.2, 0.25) is 11.7 Å². The van der Waals surface area contributed by atoms with Crippen molar-refractivity contribution in [2.24, 2.45) is 0 Å². The number of carbonyl (C=O) groups excluding carboxylic acids is 2. The zero-order valence-electron chi connectivity index (χ0n) is 20.8. The molecule has 0 aliphatic heterocycles. The number of nitrogens with one attached hydrogen (secondary N) is 2. The van der Waals surface area contributed by atoms with E-state index in [-0.39, 0.29) is 17.9 Å². The van der Waals surface area contributed by atoms with Gasteiger partial charge in [-0.15, -0.1) is 0 Å². The van der Waals surface area contributed by atoms with Crippen LogP contribution in [0.2, 0.25) is 0 Å². The van der Waals surface area contributed by atoms with Crippen LogP contribution in [0.3, 0.4) is 0 Å². The van der Waals surface area contributed by atoms with Crippen molar-refractivity contribution in [1.82, 2.24) is 10.6 Å². The van der Waals surface area contributed by atoms with Crippen molar-refractivity contribution in [2.45, 2.75) is 64.0 Å². The molecule has 7 nitrogen and oxygen atoms in total. The van der Waals surface area contributed by atoms with Crippen molar-refractivity contribution in [3.05, 3.63) is 53.1 Å². The van der Waals surface area contributed by atoms with Crippen LogP contribution in [-0.4, -0.2) is 39.2 Å². The molecular formula is C27H36N2O5. The lowest BCUT2D eigenvalue weighted by molar-refractivity contribution is -0.124. The van der Waals surface area contributed by atoms with Crippen molar-refractivity contribution >= 4 is 11.8 Å². The predicted molar refractivity (Wildman–Crippen MR) is 132 cm³/mol. The first-order chi connectivity index (χ1) is 16.4. The third-order valence-electron chi connectivity index (χ3n) is 6.35. The quantitative estimate of drug-likeness (QED) is 0.554. The van der Waals surface area contributed by atoms with Gasteiger partial charge in [0.1, 0.15) is 6.04 Å². The second-order valence-electron chi connectivity index (χ2n) is 8.99. The number of rotatable bonds is 9. The Morgan fingerprint density at radius 3 is 1.94 bits per heavy atom. The Morgan fingerprint density at radius 2 is 1.44 bits per heavy atom. The van der Waals surface area contributed by atoms with Crippen LogP contribution in [0.15, 0.2) is 36.4 Å². The number of hydrogen-bond acceptors (Lipinski definition) is 5. The largest absolute Gasteiger partial charge is 0.493 e. The summed E-state index contributed by atoms with van der Waals surface area (Å²) in [4.78, 5) is 26.6. The highest BCUT2D eigenvalue weighted by atomic mass is 16.5. The van der Waals surface area contributed by atoms with E-state index in [2.05, 4.69) is 24.5 Å². The van der Waals surface area contributed by atoms with Gasteiger partial charge in [-0.3, -0.25) is 9.59 Å². The molecule has 0 radical (unpaired) electrons. The molecule has 3 rings (SSSR count). The van der Waals surface area contributed by atoms with Crippen LogP contribution in [0.1, 0.15) is 79.4 Å². The Morgan fingerprint density at radius 1 is 0.853 bits per heavy atom. The maximum absolute atomic E-state index is 13.4. The second kappa shape index (κ2) is 11.8. The van der Waals surface area contributed by atoms with E-state index in [9.17, 15) is 9.59 Å². The molecule has 0 bridgehead atoms. The minimum Gasteiger partial charge on any atom is -0.493 e. The van der Waals surface area contributed by atoms with Gasteiger partial charge in [-0.1, -0.05) is 45.2 Å². The molecule has 1 aliphatic rings. The highest BCUT2D eigenvalue weighted by molar-refractivity contribution is 5.98. The molecule has 2 N–H and O–H groups in total. The summed E-state index contributed by atoms with van der Waals surface area (Å²) >= 11 is 0.